The number of fused-ring (bicyclic) bond motifs is 1. The van der Waals surface area contributed by atoms with Crippen LogP contribution < -0.4 is 5.32 Å². The van der Waals surface area contributed by atoms with Crippen molar-refractivity contribution in [2.75, 3.05) is 0 Å². The van der Waals surface area contributed by atoms with Gasteiger partial charge in [-0.2, -0.15) is 0 Å². The lowest BCUT2D eigenvalue weighted by atomic mass is 10.1. The summed E-state index contributed by atoms with van der Waals surface area (Å²) in [6.45, 7) is 2.19. The Kier molecular flexibility index (Phi) is 4.69. The van der Waals surface area contributed by atoms with E-state index < -0.39 is 6.04 Å². The SMILES string of the molecule is Cc1cc2ccccc2n1CC(=O)N[C@H](c1ccc(F)cc1)c1nccn1C. The number of imidazole rings is 1. The number of amides is 1. The van der Waals surface area contributed by atoms with Gasteiger partial charge in [0.15, 0.2) is 0 Å². The number of rotatable bonds is 5. The summed E-state index contributed by atoms with van der Waals surface area (Å²) >= 11 is 0. The zero-order valence-corrected chi connectivity index (χ0v) is 15.8. The largest absolute Gasteiger partial charge is 0.341 e. The molecule has 0 saturated carbocycles. The van der Waals surface area contributed by atoms with Crippen molar-refractivity contribution in [2.45, 2.75) is 19.5 Å². The lowest BCUT2D eigenvalue weighted by Gasteiger charge is -2.20. The molecule has 2 aromatic heterocycles. The number of para-hydroxylation sites is 1. The Hall–Kier alpha value is -3.41. The number of aryl methyl sites for hydroxylation is 2. The summed E-state index contributed by atoms with van der Waals surface area (Å²) in [4.78, 5) is 17.3. The highest BCUT2D eigenvalue weighted by Gasteiger charge is 2.21. The summed E-state index contributed by atoms with van der Waals surface area (Å²) < 4.78 is 17.2. The van der Waals surface area contributed by atoms with Crippen LogP contribution in [0.15, 0.2) is 67.0 Å². The molecule has 1 amide bonds. The first kappa shape index (κ1) is 18.0. The third-order valence-corrected chi connectivity index (χ3v) is 4.94. The summed E-state index contributed by atoms with van der Waals surface area (Å²) in [5.74, 6) is 0.235. The topological polar surface area (TPSA) is 51.9 Å². The molecule has 0 aliphatic carbocycles. The molecule has 6 heteroatoms. The summed E-state index contributed by atoms with van der Waals surface area (Å²) in [6.07, 6.45) is 3.50. The zero-order valence-electron chi connectivity index (χ0n) is 15.8. The van der Waals surface area contributed by atoms with Crippen LogP contribution in [-0.4, -0.2) is 20.0 Å². The predicted molar refractivity (Wildman–Crippen MR) is 106 cm³/mol. The normalized spacial score (nSPS) is 12.2. The minimum atomic E-state index is -0.463. The highest BCUT2D eigenvalue weighted by molar-refractivity contribution is 5.84. The monoisotopic (exact) mass is 376 g/mol. The van der Waals surface area contributed by atoms with Gasteiger partial charge < -0.3 is 14.5 Å². The number of carbonyl (C=O) groups excluding carboxylic acids is 1. The second-order valence-electron chi connectivity index (χ2n) is 6.88. The van der Waals surface area contributed by atoms with Gasteiger partial charge in [0.05, 0.1) is 0 Å². The van der Waals surface area contributed by atoms with Crippen LogP contribution in [0, 0.1) is 12.7 Å². The maximum atomic E-state index is 13.4. The van der Waals surface area contributed by atoms with Crippen molar-refractivity contribution < 1.29 is 9.18 Å². The van der Waals surface area contributed by atoms with Gasteiger partial charge >= 0.3 is 0 Å². The molecule has 142 valence electrons. The van der Waals surface area contributed by atoms with Gasteiger partial charge in [-0.15, -0.1) is 0 Å². The number of nitrogens with zero attached hydrogens (tertiary/aromatic N) is 3. The Morgan fingerprint density at radius 2 is 1.93 bits per heavy atom. The molecular weight excluding hydrogens is 355 g/mol. The summed E-state index contributed by atoms with van der Waals surface area (Å²) in [7, 11) is 1.87. The van der Waals surface area contributed by atoms with Crippen LogP contribution in [0.3, 0.4) is 0 Å². The number of halogens is 1. The maximum absolute atomic E-state index is 13.4. The number of aromatic nitrogens is 3. The molecule has 28 heavy (non-hydrogen) atoms. The first-order chi connectivity index (χ1) is 13.5. The predicted octanol–water partition coefficient (Wildman–Crippen LogP) is 3.73. The summed E-state index contributed by atoms with van der Waals surface area (Å²) in [6, 6.07) is 15.7. The van der Waals surface area contributed by atoms with E-state index >= 15 is 0 Å². The molecular formula is C22H21FN4O. The molecule has 1 N–H and O–H groups in total. The Labute approximate surface area is 162 Å². The fourth-order valence-electron chi connectivity index (χ4n) is 3.52. The lowest BCUT2D eigenvalue weighted by molar-refractivity contribution is -0.122. The van der Waals surface area contributed by atoms with E-state index in [-0.39, 0.29) is 18.3 Å². The summed E-state index contributed by atoms with van der Waals surface area (Å²) in [5, 5.41) is 4.16. The van der Waals surface area contributed by atoms with Crippen molar-refractivity contribution in [1.29, 1.82) is 0 Å². The van der Waals surface area contributed by atoms with E-state index in [1.54, 1.807) is 18.3 Å². The average Bonchev–Trinajstić information content (AvgIpc) is 3.24. The van der Waals surface area contributed by atoms with Crippen LogP contribution >= 0.6 is 0 Å². The van der Waals surface area contributed by atoms with Gasteiger partial charge in [-0.05, 0) is 42.1 Å². The standard InChI is InChI=1S/C22H21FN4O/c1-15-13-17-5-3-4-6-19(17)27(15)14-20(28)25-21(22-24-11-12-26(22)2)16-7-9-18(23)10-8-16/h3-13,21H,14H2,1-2H3,(H,25,28)/t21-/m1/s1. The molecule has 4 aromatic rings. The average molecular weight is 376 g/mol. The Balaban J connectivity index is 1.63. The Bertz CT molecular complexity index is 1130. The van der Waals surface area contributed by atoms with Crippen molar-refractivity contribution in [2.24, 2.45) is 7.05 Å². The van der Waals surface area contributed by atoms with Gasteiger partial charge in [0, 0.05) is 30.7 Å². The lowest BCUT2D eigenvalue weighted by Crippen LogP contribution is -2.33. The van der Waals surface area contributed by atoms with E-state index in [9.17, 15) is 9.18 Å². The molecule has 0 fully saturated rings. The first-order valence-electron chi connectivity index (χ1n) is 9.10. The van der Waals surface area contributed by atoms with E-state index in [4.69, 9.17) is 0 Å². The van der Waals surface area contributed by atoms with Gasteiger partial charge in [-0.1, -0.05) is 30.3 Å². The highest BCUT2D eigenvalue weighted by Crippen LogP contribution is 2.22. The Morgan fingerprint density at radius 1 is 1.18 bits per heavy atom. The zero-order chi connectivity index (χ0) is 19.7. The molecule has 2 aromatic carbocycles. The fraction of sp³-hybridized carbons (Fsp3) is 0.182. The molecule has 1 atom stereocenters. The van der Waals surface area contributed by atoms with Gasteiger partial charge in [0.2, 0.25) is 5.91 Å². The fourth-order valence-corrected chi connectivity index (χ4v) is 3.52. The molecule has 4 rings (SSSR count). The molecule has 5 nitrogen and oxygen atoms in total. The van der Waals surface area contributed by atoms with Crippen LogP contribution in [0.1, 0.15) is 23.1 Å². The quantitative estimate of drug-likeness (QED) is 0.577. The molecule has 0 saturated heterocycles. The van der Waals surface area contributed by atoms with E-state index in [1.165, 1.54) is 12.1 Å². The van der Waals surface area contributed by atoms with Crippen LogP contribution in [0.2, 0.25) is 0 Å². The maximum Gasteiger partial charge on any atom is 0.240 e. The second-order valence-corrected chi connectivity index (χ2v) is 6.88. The van der Waals surface area contributed by atoms with Crippen molar-refractivity contribution in [1.82, 2.24) is 19.4 Å². The van der Waals surface area contributed by atoms with Crippen LogP contribution in [0.5, 0.6) is 0 Å². The molecule has 0 bridgehead atoms. The minimum Gasteiger partial charge on any atom is -0.341 e. The third-order valence-electron chi connectivity index (χ3n) is 4.94. The molecule has 0 aliphatic rings. The Morgan fingerprint density at radius 3 is 2.64 bits per heavy atom. The van der Waals surface area contributed by atoms with Gasteiger partial charge in [0.25, 0.3) is 0 Å². The smallest absolute Gasteiger partial charge is 0.240 e. The molecule has 0 radical (unpaired) electrons. The number of hydrogen-bond donors (Lipinski definition) is 1. The van der Waals surface area contributed by atoms with E-state index in [1.807, 2.05) is 53.6 Å². The van der Waals surface area contributed by atoms with E-state index in [0.29, 0.717) is 5.82 Å². The second kappa shape index (κ2) is 7.31. The molecule has 0 spiro atoms. The van der Waals surface area contributed by atoms with E-state index in [0.717, 1.165) is 22.2 Å². The van der Waals surface area contributed by atoms with Crippen molar-refractivity contribution in [3.63, 3.8) is 0 Å². The summed E-state index contributed by atoms with van der Waals surface area (Å²) in [5.41, 5.74) is 2.82. The number of benzene rings is 2. The van der Waals surface area contributed by atoms with Crippen LogP contribution in [0.4, 0.5) is 4.39 Å². The third kappa shape index (κ3) is 3.41. The van der Waals surface area contributed by atoms with E-state index in [2.05, 4.69) is 16.4 Å². The van der Waals surface area contributed by atoms with Gasteiger partial charge in [0.1, 0.15) is 24.2 Å². The van der Waals surface area contributed by atoms with Gasteiger partial charge in [-0.3, -0.25) is 4.79 Å². The molecule has 2 heterocycles. The number of carbonyl (C=O) groups is 1. The van der Waals surface area contributed by atoms with Gasteiger partial charge in [-0.25, -0.2) is 9.37 Å². The minimum absolute atomic E-state index is 0.137. The molecule has 0 unspecified atom stereocenters. The van der Waals surface area contributed by atoms with Crippen molar-refractivity contribution in [3.05, 3.63) is 89.9 Å². The first-order valence-corrected chi connectivity index (χ1v) is 9.10. The van der Waals surface area contributed by atoms with Crippen LogP contribution in [-0.2, 0) is 18.4 Å². The van der Waals surface area contributed by atoms with Crippen molar-refractivity contribution >= 4 is 16.8 Å². The highest BCUT2D eigenvalue weighted by atomic mass is 19.1. The molecule has 0 aliphatic heterocycles. The number of nitrogens with one attached hydrogen (secondary N) is 1. The van der Waals surface area contributed by atoms with Crippen molar-refractivity contribution in [3.8, 4) is 0 Å². The number of hydrogen-bond acceptors (Lipinski definition) is 2. The van der Waals surface area contributed by atoms with Crippen LogP contribution in [0.25, 0.3) is 10.9 Å².